The van der Waals surface area contributed by atoms with E-state index in [4.69, 9.17) is 11.6 Å². The zero-order valence-corrected chi connectivity index (χ0v) is 14.4. The maximum atomic E-state index is 12.4. The van der Waals surface area contributed by atoms with Crippen LogP contribution in [0.25, 0.3) is 0 Å². The maximum absolute atomic E-state index is 12.4. The second-order valence-electron chi connectivity index (χ2n) is 5.40. The molecule has 1 N–H and O–H groups in total. The van der Waals surface area contributed by atoms with E-state index in [9.17, 15) is 13.2 Å². The number of carbonyl (C=O) groups is 1. The fraction of sp³-hybridized carbons (Fsp3) is 0.615. The molecule has 1 saturated heterocycles. The summed E-state index contributed by atoms with van der Waals surface area (Å²) in [4.78, 5) is 11.9. The summed E-state index contributed by atoms with van der Waals surface area (Å²) in [5.41, 5.74) is 0. The standard InChI is InChI=1S/C13H19ClN2O3S2/c1-9(2)15-13(17)10-5-7-16(8-6-10)21(18,19)12-4-3-11(14)20-12/h3-4,9-10H,5-8H2,1-2H3,(H,15,17). The minimum absolute atomic E-state index is 0.0150. The summed E-state index contributed by atoms with van der Waals surface area (Å²) < 4.78 is 27.0. The van der Waals surface area contributed by atoms with Crippen molar-refractivity contribution in [2.45, 2.75) is 36.9 Å². The van der Waals surface area contributed by atoms with E-state index in [1.54, 1.807) is 6.07 Å². The molecule has 2 heterocycles. The number of halogens is 1. The molecule has 0 unspecified atom stereocenters. The van der Waals surface area contributed by atoms with E-state index >= 15 is 0 Å². The maximum Gasteiger partial charge on any atom is 0.252 e. The van der Waals surface area contributed by atoms with Crippen molar-refractivity contribution < 1.29 is 13.2 Å². The van der Waals surface area contributed by atoms with Crippen LogP contribution in [-0.2, 0) is 14.8 Å². The van der Waals surface area contributed by atoms with Crippen LogP contribution < -0.4 is 5.32 Å². The van der Waals surface area contributed by atoms with Gasteiger partial charge in [0.1, 0.15) is 4.21 Å². The van der Waals surface area contributed by atoms with E-state index < -0.39 is 10.0 Å². The number of nitrogens with zero attached hydrogens (tertiary/aromatic N) is 1. The topological polar surface area (TPSA) is 66.5 Å². The van der Waals surface area contributed by atoms with Gasteiger partial charge in [0, 0.05) is 25.0 Å². The Hall–Kier alpha value is -0.630. The van der Waals surface area contributed by atoms with Crippen molar-refractivity contribution >= 4 is 38.9 Å². The van der Waals surface area contributed by atoms with Crippen molar-refractivity contribution in [3.8, 4) is 0 Å². The van der Waals surface area contributed by atoms with Crippen molar-refractivity contribution in [3.05, 3.63) is 16.5 Å². The monoisotopic (exact) mass is 350 g/mol. The van der Waals surface area contributed by atoms with E-state index in [0.717, 1.165) is 11.3 Å². The van der Waals surface area contributed by atoms with Crippen LogP contribution in [0.15, 0.2) is 16.3 Å². The lowest BCUT2D eigenvalue weighted by atomic mass is 9.97. The molecule has 1 aliphatic rings. The molecule has 0 atom stereocenters. The van der Waals surface area contributed by atoms with Gasteiger partial charge in [0.15, 0.2) is 0 Å². The fourth-order valence-electron chi connectivity index (χ4n) is 2.32. The summed E-state index contributed by atoms with van der Waals surface area (Å²) >= 11 is 6.86. The first-order valence-corrected chi connectivity index (χ1v) is 9.50. The highest BCUT2D eigenvalue weighted by molar-refractivity contribution is 7.91. The normalized spacial score (nSPS) is 18.1. The van der Waals surface area contributed by atoms with Gasteiger partial charge in [-0.1, -0.05) is 11.6 Å². The predicted octanol–water partition coefficient (Wildman–Crippen LogP) is 2.33. The van der Waals surface area contributed by atoms with Crippen LogP contribution in [0.3, 0.4) is 0 Å². The first-order chi connectivity index (χ1) is 9.80. The van der Waals surface area contributed by atoms with Gasteiger partial charge in [-0.15, -0.1) is 11.3 Å². The van der Waals surface area contributed by atoms with E-state index in [0.29, 0.717) is 30.3 Å². The molecule has 1 aromatic rings. The lowest BCUT2D eigenvalue weighted by Crippen LogP contribution is -2.44. The molecule has 21 heavy (non-hydrogen) atoms. The van der Waals surface area contributed by atoms with E-state index in [1.807, 2.05) is 13.8 Å². The van der Waals surface area contributed by atoms with Gasteiger partial charge in [0.05, 0.1) is 4.34 Å². The Morgan fingerprint density at radius 2 is 2.00 bits per heavy atom. The number of amides is 1. The van der Waals surface area contributed by atoms with Crippen LogP contribution in [0.5, 0.6) is 0 Å². The molecule has 1 amide bonds. The number of hydrogen-bond acceptors (Lipinski definition) is 4. The van der Waals surface area contributed by atoms with Crippen LogP contribution in [-0.4, -0.2) is 37.8 Å². The van der Waals surface area contributed by atoms with Crippen molar-refractivity contribution in [1.82, 2.24) is 9.62 Å². The zero-order chi connectivity index (χ0) is 15.6. The summed E-state index contributed by atoms with van der Waals surface area (Å²) in [5, 5.41) is 2.88. The average molecular weight is 351 g/mol. The molecule has 8 heteroatoms. The Morgan fingerprint density at radius 3 is 2.48 bits per heavy atom. The largest absolute Gasteiger partial charge is 0.354 e. The summed E-state index contributed by atoms with van der Waals surface area (Å²) in [6.45, 7) is 4.57. The SMILES string of the molecule is CC(C)NC(=O)C1CCN(S(=O)(=O)c2ccc(Cl)s2)CC1. The lowest BCUT2D eigenvalue weighted by Gasteiger charge is -2.30. The molecule has 1 aromatic heterocycles. The van der Waals surface area contributed by atoms with E-state index in [1.165, 1.54) is 10.4 Å². The van der Waals surface area contributed by atoms with Crippen LogP contribution in [0, 0.1) is 5.92 Å². The molecular formula is C13H19ClN2O3S2. The molecule has 0 aromatic carbocycles. The third-order valence-electron chi connectivity index (χ3n) is 3.40. The molecule has 0 spiro atoms. The number of thiophene rings is 1. The number of sulfonamides is 1. The van der Waals surface area contributed by atoms with Gasteiger partial charge in [-0.3, -0.25) is 4.79 Å². The minimum atomic E-state index is -3.48. The molecular weight excluding hydrogens is 332 g/mol. The zero-order valence-electron chi connectivity index (χ0n) is 12.0. The number of nitrogens with one attached hydrogen (secondary N) is 1. The van der Waals surface area contributed by atoms with E-state index in [-0.39, 0.29) is 22.1 Å². The molecule has 5 nitrogen and oxygen atoms in total. The Morgan fingerprint density at radius 1 is 1.38 bits per heavy atom. The lowest BCUT2D eigenvalue weighted by molar-refractivity contribution is -0.126. The molecule has 0 radical (unpaired) electrons. The van der Waals surface area contributed by atoms with Gasteiger partial charge in [-0.25, -0.2) is 8.42 Å². The summed E-state index contributed by atoms with van der Waals surface area (Å²) in [5.74, 6) is -0.0908. The third kappa shape index (κ3) is 3.97. The molecule has 2 rings (SSSR count). The second kappa shape index (κ2) is 6.64. The van der Waals surface area contributed by atoms with Gasteiger partial charge >= 0.3 is 0 Å². The van der Waals surface area contributed by atoms with Crippen molar-refractivity contribution in [2.24, 2.45) is 5.92 Å². The van der Waals surface area contributed by atoms with E-state index in [2.05, 4.69) is 5.32 Å². The molecule has 118 valence electrons. The molecule has 0 saturated carbocycles. The number of rotatable bonds is 4. The minimum Gasteiger partial charge on any atom is -0.354 e. The highest BCUT2D eigenvalue weighted by atomic mass is 35.5. The van der Waals surface area contributed by atoms with Crippen molar-refractivity contribution in [2.75, 3.05) is 13.1 Å². The van der Waals surface area contributed by atoms with Gasteiger partial charge in [0.25, 0.3) is 10.0 Å². The van der Waals surface area contributed by atoms with Gasteiger partial charge in [-0.05, 0) is 38.8 Å². The van der Waals surface area contributed by atoms with Gasteiger partial charge in [0.2, 0.25) is 5.91 Å². The Balaban J connectivity index is 1.99. The number of piperidine rings is 1. The number of hydrogen-bond donors (Lipinski definition) is 1. The van der Waals surface area contributed by atoms with Crippen molar-refractivity contribution in [3.63, 3.8) is 0 Å². The third-order valence-corrected chi connectivity index (χ3v) is 7.00. The summed E-state index contributed by atoms with van der Waals surface area (Å²) in [7, 11) is -3.48. The summed E-state index contributed by atoms with van der Waals surface area (Å²) in [6.07, 6.45) is 1.10. The Kier molecular flexibility index (Phi) is 5.29. The first kappa shape index (κ1) is 16.7. The molecule has 0 bridgehead atoms. The van der Waals surface area contributed by atoms with Crippen molar-refractivity contribution in [1.29, 1.82) is 0 Å². The quantitative estimate of drug-likeness (QED) is 0.906. The van der Waals surface area contributed by atoms with Crippen LogP contribution >= 0.6 is 22.9 Å². The second-order valence-corrected chi connectivity index (χ2v) is 9.28. The Labute approximate surface area is 134 Å². The van der Waals surface area contributed by atoms with Crippen LogP contribution in [0.4, 0.5) is 0 Å². The van der Waals surface area contributed by atoms with Gasteiger partial charge in [-0.2, -0.15) is 4.31 Å². The molecule has 0 aliphatic carbocycles. The Bertz CT molecular complexity index is 605. The number of carbonyl (C=O) groups excluding carboxylic acids is 1. The average Bonchev–Trinajstić information content (AvgIpc) is 2.85. The summed E-state index contributed by atoms with van der Waals surface area (Å²) in [6, 6.07) is 3.22. The molecule has 1 fully saturated rings. The van der Waals surface area contributed by atoms with Crippen LogP contribution in [0.2, 0.25) is 4.34 Å². The van der Waals surface area contributed by atoms with Crippen LogP contribution in [0.1, 0.15) is 26.7 Å². The highest BCUT2D eigenvalue weighted by Gasteiger charge is 2.32. The molecule has 1 aliphatic heterocycles. The fourth-order valence-corrected chi connectivity index (χ4v) is 5.43. The smallest absolute Gasteiger partial charge is 0.252 e. The first-order valence-electron chi connectivity index (χ1n) is 6.86. The highest BCUT2D eigenvalue weighted by Crippen LogP contribution is 2.30. The predicted molar refractivity (Wildman–Crippen MR) is 84.1 cm³/mol. The van der Waals surface area contributed by atoms with Gasteiger partial charge < -0.3 is 5.32 Å².